The molecule has 0 saturated carbocycles. The number of unbranched alkanes of at least 4 members (excludes halogenated alkanes) is 8. The van der Waals surface area contributed by atoms with Crippen molar-refractivity contribution < 1.29 is 26.5 Å². The molecule has 1 aromatic heterocycles. The number of hydrogen-bond donors (Lipinski definition) is 0. The molecule has 142 valence electrons. The Labute approximate surface area is 159 Å². The Balaban J connectivity index is 0.00000576. The summed E-state index contributed by atoms with van der Waals surface area (Å²) in [6, 6.07) is 5.88. The number of aromatic nitrogens is 1. The molecule has 0 N–H and O–H groups in total. The first-order valence-electron chi connectivity index (χ1n) is 9.47. The Morgan fingerprint density at radius 3 is 2.00 bits per heavy atom. The zero-order valence-corrected chi connectivity index (χ0v) is 16.6. The fourth-order valence-electron chi connectivity index (χ4n) is 2.73. The largest absolute Gasteiger partial charge is 1.00 e. The lowest BCUT2D eigenvalue weighted by Gasteiger charge is -2.13. The van der Waals surface area contributed by atoms with Crippen LogP contribution in [0.25, 0.3) is 0 Å². The molecule has 1 rings (SSSR count). The average molecular weight is 368 g/mol. The van der Waals surface area contributed by atoms with E-state index in [9.17, 15) is 4.79 Å². The van der Waals surface area contributed by atoms with Gasteiger partial charge in [-0.1, -0.05) is 70.9 Å². The van der Waals surface area contributed by atoms with Crippen LogP contribution in [0.4, 0.5) is 0 Å². The van der Waals surface area contributed by atoms with Crippen molar-refractivity contribution in [2.45, 2.75) is 84.3 Å². The summed E-state index contributed by atoms with van der Waals surface area (Å²) in [5.74, 6) is -0.313. The maximum Gasteiger partial charge on any atom is 0.338 e. The maximum absolute atomic E-state index is 11.9. The zero-order valence-electron chi connectivity index (χ0n) is 15.9. The Morgan fingerprint density at radius 2 is 1.48 bits per heavy atom. The smallest absolute Gasteiger partial charge is 0.338 e. The van der Waals surface area contributed by atoms with Gasteiger partial charge in [-0.05, 0) is 13.3 Å². The van der Waals surface area contributed by atoms with Gasteiger partial charge < -0.3 is 17.1 Å². The quantitative estimate of drug-likeness (QED) is 0.232. The number of halogens is 1. The standard InChI is InChI=1S/C21H34NO2.ClH/c1-4-5-6-7-8-9-10-11-13-16-20(24-21(23)19(2)3)22-17-14-12-15-18-22;/h12,14-15,17-18,20H,2,4-11,13,16H2,1,3H3;1H/q+1;/p-1. The van der Waals surface area contributed by atoms with E-state index < -0.39 is 0 Å². The molecule has 25 heavy (non-hydrogen) atoms. The molecule has 1 heterocycles. The van der Waals surface area contributed by atoms with Crippen molar-refractivity contribution in [2.75, 3.05) is 0 Å². The molecule has 0 saturated heterocycles. The van der Waals surface area contributed by atoms with Gasteiger partial charge in [-0.2, -0.15) is 4.57 Å². The van der Waals surface area contributed by atoms with E-state index >= 15 is 0 Å². The monoisotopic (exact) mass is 367 g/mol. The lowest BCUT2D eigenvalue weighted by Crippen LogP contribution is -3.00. The number of carbonyl (C=O) groups excluding carboxylic acids is 1. The van der Waals surface area contributed by atoms with E-state index in [-0.39, 0.29) is 24.6 Å². The Morgan fingerprint density at radius 1 is 0.960 bits per heavy atom. The molecule has 1 atom stereocenters. The van der Waals surface area contributed by atoms with Gasteiger partial charge in [0.2, 0.25) is 0 Å². The molecule has 3 nitrogen and oxygen atoms in total. The van der Waals surface area contributed by atoms with E-state index in [2.05, 4.69) is 13.5 Å². The van der Waals surface area contributed by atoms with Gasteiger partial charge in [0.05, 0.1) is 0 Å². The number of nitrogens with zero attached hydrogens (tertiary/aromatic N) is 1. The molecule has 1 unspecified atom stereocenters. The first kappa shape index (κ1) is 23.6. The minimum Gasteiger partial charge on any atom is -1.00 e. The molecular formula is C21H34ClNO2. The van der Waals surface area contributed by atoms with Gasteiger partial charge in [0.1, 0.15) is 0 Å². The summed E-state index contributed by atoms with van der Waals surface area (Å²) in [6.45, 7) is 7.61. The lowest BCUT2D eigenvalue weighted by atomic mass is 10.1. The highest BCUT2D eigenvalue weighted by atomic mass is 35.5. The SMILES string of the molecule is C=C(C)C(=O)OC(CCCCCCCCCCC)[n+]1ccccc1.[Cl-]. The van der Waals surface area contributed by atoms with Crippen molar-refractivity contribution in [1.29, 1.82) is 0 Å². The van der Waals surface area contributed by atoms with Gasteiger partial charge in [0.25, 0.3) is 0 Å². The van der Waals surface area contributed by atoms with Crippen LogP contribution in [0.15, 0.2) is 42.7 Å². The van der Waals surface area contributed by atoms with Crippen LogP contribution >= 0.6 is 0 Å². The molecule has 0 aliphatic rings. The molecule has 0 amide bonds. The summed E-state index contributed by atoms with van der Waals surface area (Å²) < 4.78 is 7.56. The minimum atomic E-state index is -0.313. The zero-order chi connectivity index (χ0) is 17.6. The van der Waals surface area contributed by atoms with Gasteiger partial charge in [-0.3, -0.25) is 0 Å². The highest BCUT2D eigenvalue weighted by Crippen LogP contribution is 2.16. The van der Waals surface area contributed by atoms with Crippen LogP contribution in [0.5, 0.6) is 0 Å². The lowest BCUT2D eigenvalue weighted by molar-refractivity contribution is -0.757. The van der Waals surface area contributed by atoms with Crippen LogP contribution in [0.3, 0.4) is 0 Å². The first-order chi connectivity index (χ1) is 11.6. The summed E-state index contributed by atoms with van der Waals surface area (Å²) >= 11 is 0. The second-order valence-corrected chi connectivity index (χ2v) is 6.58. The van der Waals surface area contributed by atoms with Crippen LogP contribution in [0.1, 0.15) is 84.3 Å². The van der Waals surface area contributed by atoms with Crippen molar-refractivity contribution in [3.63, 3.8) is 0 Å². The van der Waals surface area contributed by atoms with Gasteiger partial charge in [0, 0.05) is 24.1 Å². The van der Waals surface area contributed by atoms with E-state index in [1.54, 1.807) is 6.92 Å². The number of ether oxygens (including phenoxy) is 1. The van der Waals surface area contributed by atoms with E-state index in [1.807, 2.05) is 35.2 Å². The van der Waals surface area contributed by atoms with Crippen LogP contribution < -0.4 is 17.0 Å². The Bertz CT molecular complexity index is 476. The van der Waals surface area contributed by atoms with Crippen LogP contribution in [-0.4, -0.2) is 5.97 Å². The average Bonchev–Trinajstić information content (AvgIpc) is 2.59. The number of pyridine rings is 1. The van der Waals surface area contributed by atoms with Gasteiger partial charge in [0.15, 0.2) is 12.4 Å². The number of rotatable bonds is 13. The highest BCUT2D eigenvalue weighted by molar-refractivity contribution is 5.86. The molecule has 0 aliphatic heterocycles. The second kappa shape index (κ2) is 14.9. The predicted molar refractivity (Wildman–Crippen MR) is 98.4 cm³/mol. The van der Waals surface area contributed by atoms with E-state index in [1.165, 1.54) is 51.4 Å². The van der Waals surface area contributed by atoms with Crippen molar-refractivity contribution in [3.05, 3.63) is 42.7 Å². The summed E-state index contributed by atoms with van der Waals surface area (Å²) in [5, 5.41) is 0. The molecule has 0 aliphatic carbocycles. The Kier molecular flexibility index (Phi) is 14.1. The van der Waals surface area contributed by atoms with Crippen LogP contribution in [-0.2, 0) is 9.53 Å². The fourth-order valence-corrected chi connectivity index (χ4v) is 2.73. The molecule has 0 fully saturated rings. The molecular weight excluding hydrogens is 334 g/mol. The van der Waals surface area contributed by atoms with Gasteiger partial charge in [-0.25, -0.2) is 4.79 Å². The number of carbonyl (C=O) groups is 1. The second-order valence-electron chi connectivity index (χ2n) is 6.58. The molecule has 0 spiro atoms. The molecule has 0 bridgehead atoms. The van der Waals surface area contributed by atoms with Crippen molar-refractivity contribution >= 4 is 5.97 Å². The third kappa shape index (κ3) is 11.0. The topological polar surface area (TPSA) is 30.2 Å². The van der Waals surface area contributed by atoms with E-state index in [0.717, 1.165) is 12.8 Å². The summed E-state index contributed by atoms with van der Waals surface area (Å²) in [5.41, 5.74) is 0.448. The minimum absolute atomic E-state index is 0. The van der Waals surface area contributed by atoms with Gasteiger partial charge in [-0.15, -0.1) is 0 Å². The summed E-state index contributed by atoms with van der Waals surface area (Å²) in [4.78, 5) is 11.9. The fraction of sp³-hybridized carbons (Fsp3) is 0.619. The summed E-state index contributed by atoms with van der Waals surface area (Å²) in [6.07, 6.45) is 16.1. The molecule has 0 aromatic carbocycles. The third-order valence-corrected chi connectivity index (χ3v) is 4.22. The van der Waals surface area contributed by atoms with Crippen molar-refractivity contribution in [2.24, 2.45) is 0 Å². The third-order valence-electron chi connectivity index (χ3n) is 4.22. The van der Waals surface area contributed by atoms with Crippen molar-refractivity contribution in [3.8, 4) is 0 Å². The normalized spacial score (nSPS) is 11.4. The maximum atomic E-state index is 11.9. The number of esters is 1. The predicted octanol–water partition coefficient (Wildman–Crippen LogP) is 2.52. The first-order valence-corrected chi connectivity index (χ1v) is 9.47. The van der Waals surface area contributed by atoms with Gasteiger partial charge >= 0.3 is 12.2 Å². The van der Waals surface area contributed by atoms with E-state index in [4.69, 9.17) is 4.74 Å². The highest BCUT2D eigenvalue weighted by Gasteiger charge is 2.22. The van der Waals surface area contributed by atoms with E-state index in [0.29, 0.717) is 5.57 Å². The van der Waals surface area contributed by atoms with Crippen LogP contribution in [0, 0.1) is 0 Å². The Hall–Kier alpha value is -1.35. The number of hydrogen-bond acceptors (Lipinski definition) is 2. The van der Waals surface area contributed by atoms with Crippen LogP contribution in [0.2, 0.25) is 0 Å². The summed E-state index contributed by atoms with van der Waals surface area (Å²) in [7, 11) is 0. The molecule has 1 aromatic rings. The molecule has 4 heteroatoms. The molecule has 0 radical (unpaired) electrons. The van der Waals surface area contributed by atoms with Crippen molar-refractivity contribution in [1.82, 2.24) is 0 Å².